The van der Waals surface area contributed by atoms with E-state index in [1.807, 2.05) is 6.92 Å². The van der Waals surface area contributed by atoms with E-state index in [9.17, 15) is 8.42 Å². The summed E-state index contributed by atoms with van der Waals surface area (Å²) >= 11 is 5.99. The number of benzene rings is 1. The first-order chi connectivity index (χ1) is 7.93. The van der Waals surface area contributed by atoms with Gasteiger partial charge in [0, 0.05) is 18.1 Å². The van der Waals surface area contributed by atoms with Crippen molar-refractivity contribution in [3.63, 3.8) is 0 Å². The lowest BCUT2D eigenvalue weighted by atomic mass is 10.2. The molecule has 0 saturated carbocycles. The van der Waals surface area contributed by atoms with E-state index in [-0.39, 0.29) is 0 Å². The molecule has 94 valence electrons. The number of aryl methyl sites for hydroxylation is 2. The molecule has 0 radical (unpaired) electrons. The summed E-state index contributed by atoms with van der Waals surface area (Å²) in [6.07, 6.45) is 1.90. The summed E-state index contributed by atoms with van der Waals surface area (Å²) in [6.45, 7) is 4.87. The summed E-state index contributed by atoms with van der Waals surface area (Å²) < 4.78 is 26.4. The van der Waals surface area contributed by atoms with Crippen molar-refractivity contribution in [3.05, 3.63) is 28.3 Å². The fraction of sp³-hybridized carbons (Fsp3) is 0.500. The van der Waals surface area contributed by atoms with Crippen LogP contribution in [0.3, 0.4) is 0 Å². The Bertz CT molecular complexity index is 534. The molecule has 1 aromatic carbocycles. The molecule has 1 aliphatic heterocycles. The highest BCUT2D eigenvalue weighted by Crippen LogP contribution is 2.27. The van der Waals surface area contributed by atoms with E-state index in [1.54, 1.807) is 23.4 Å². The van der Waals surface area contributed by atoms with Gasteiger partial charge in [-0.1, -0.05) is 11.6 Å². The minimum Gasteiger partial charge on any atom is -0.207 e. The molecule has 0 bridgehead atoms. The van der Waals surface area contributed by atoms with Gasteiger partial charge in [-0.05, 0) is 49.9 Å². The molecule has 1 aliphatic rings. The lowest BCUT2D eigenvalue weighted by molar-refractivity contribution is 0.477. The molecule has 3 nitrogen and oxygen atoms in total. The van der Waals surface area contributed by atoms with Gasteiger partial charge < -0.3 is 0 Å². The minimum atomic E-state index is -3.33. The van der Waals surface area contributed by atoms with Crippen LogP contribution in [0, 0.1) is 13.8 Å². The maximum Gasteiger partial charge on any atom is 0.243 e. The highest BCUT2D eigenvalue weighted by Gasteiger charge is 2.28. The second-order valence-corrected chi connectivity index (χ2v) is 6.79. The van der Waals surface area contributed by atoms with Gasteiger partial charge in [-0.3, -0.25) is 0 Å². The van der Waals surface area contributed by atoms with Gasteiger partial charge in [0.25, 0.3) is 0 Å². The van der Waals surface area contributed by atoms with Crippen LogP contribution in [0.4, 0.5) is 0 Å². The summed E-state index contributed by atoms with van der Waals surface area (Å²) in [7, 11) is -3.33. The number of sulfonamides is 1. The number of hydrogen-bond donors (Lipinski definition) is 0. The zero-order valence-corrected chi connectivity index (χ0v) is 11.6. The lowest BCUT2D eigenvalue weighted by Crippen LogP contribution is -2.28. The maximum atomic E-state index is 12.4. The molecule has 1 aromatic rings. The number of rotatable bonds is 2. The molecule has 0 aliphatic carbocycles. The third kappa shape index (κ3) is 2.34. The minimum absolute atomic E-state index is 0.390. The second-order valence-electron chi connectivity index (χ2n) is 4.48. The van der Waals surface area contributed by atoms with Crippen molar-refractivity contribution in [2.24, 2.45) is 0 Å². The van der Waals surface area contributed by atoms with Gasteiger partial charge in [-0.25, -0.2) is 8.42 Å². The molecule has 0 atom stereocenters. The van der Waals surface area contributed by atoms with E-state index < -0.39 is 10.0 Å². The van der Waals surface area contributed by atoms with Gasteiger partial charge in [0.2, 0.25) is 10.0 Å². The van der Waals surface area contributed by atoms with Crippen LogP contribution in [0.15, 0.2) is 17.0 Å². The van der Waals surface area contributed by atoms with E-state index in [0.717, 1.165) is 18.4 Å². The predicted molar refractivity (Wildman–Crippen MR) is 68.9 cm³/mol. The molecule has 0 unspecified atom stereocenters. The van der Waals surface area contributed by atoms with E-state index >= 15 is 0 Å². The largest absolute Gasteiger partial charge is 0.243 e. The SMILES string of the molecule is Cc1cc(S(=O)(=O)N2CCCC2)c(C)cc1Cl. The topological polar surface area (TPSA) is 37.4 Å². The predicted octanol–water partition coefficient (Wildman–Crippen LogP) is 2.74. The molecule has 0 aromatic heterocycles. The van der Waals surface area contributed by atoms with E-state index in [1.165, 1.54) is 0 Å². The first kappa shape index (κ1) is 12.9. The third-order valence-corrected chi connectivity index (χ3v) is 5.59. The van der Waals surface area contributed by atoms with Crippen LogP contribution < -0.4 is 0 Å². The quantitative estimate of drug-likeness (QED) is 0.831. The Morgan fingerprint density at radius 2 is 1.71 bits per heavy atom. The smallest absolute Gasteiger partial charge is 0.207 e. The highest BCUT2D eigenvalue weighted by molar-refractivity contribution is 7.89. The van der Waals surface area contributed by atoms with Crippen molar-refractivity contribution >= 4 is 21.6 Å². The monoisotopic (exact) mass is 273 g/mol. The Kier molecular flexibility index (Phi) is 3.48. The first-order valence-corrected chi connectivity index (χ1v) is 7.51. The summed E-state index contributed by atoms with van der Waals surface area (Å²) in [5, 5.41) is 0.614. The van der Waals surface area contributed by atoms with Gasteiger partial charge in [-0.2, -0.15) is 4.31 Å². The summed E-state index contributed by atoms with van der Waals surface area (Å²) in [6, 6.07) is 3.39. The molecule has 1 fully saturated rings. The normalized spacial score (nSPS) is 17.6. The Hall–Kier alpha value is -0.580. The van der Waals surface area contributed by atoms with Gasteiger partial charge >= 0.3 is 0 Å². The van der Waals surface area contributed by atoms with Gasteiger partial charge in [-0.15, -0.1) is 0 Å². The first-order valence-electron chi connectivity index (χ1n) is 5.70. The number of nitrogens with zero attached hydrogens (tertiary/aromatic N) is 1. The summed E-state index contributed by atoms with van der Waals surface area (Å²) in [5.41, 5.74) is 1.52. The van der Waals surface area contributed by atoms with Crippen molar-refractivity contribution in [3.8, 4) is 0 Å². The van der Waals surface area contributed by atoms with Crippen LogP contribution in [-0.4, -0.2) is 25.8 Å². The van der Waals surface area contributed by atoms with Gasteiger partial charge in [0.05, 0.1) is 4.90 Å². The van der Waals surface area contributed by atoms with Gasteiger partial charge in [0.1, 0.15) is 0 Å². The van der Waals surface area contributed by atoms with Crippen molar-refractivity contribution in [1.82, 2.24) is 4.31 Å². The molecule has 0 N–H and O–H groups in total. The van der Waals surface area contributed by atoms with E-state index in [4.69, 9.17) is 11.6 Å². The molecule has 0 amide bonds. The molecule has 5 heteroatoms. The Labute approximate surface area is 107 Å². The zero-order valence-electron chi connectivity index (χ0n) is 10.0. The molecule has 1 saturated heterocycles. The average molecular weight is 274 g/mol. The van der Waals surface area contributed by atoms with Crippen molar-refractivity contribution < 1.29 is 8.42 Å². The van der Waals surface area contributed by atoms with Crippen LogP contribution in [0.2, 0.25) is 5.02 Å². The van der Waals surface area contributed by atoms with Crippen molar-refractivity contribution in [2.45, 2.75) is 31.6 Å². The molecular formula is C12H16ClNO2S. The molecule has 1 heterocycles. The summed E-state index contributed by atoms with van der Waals surface area (Å²) in [4.78, 5) is 0.390. The lowest BCUT2D eigenvalue weighted by Gasteiger charge is -2.17. The molecular weight excluding hydrogens is 258 g/mol. The van der Waals surface area contributed by atoms with Crippen LogP contribution >= 0.6 is 11.6 Å². The standard InChI is InChI=1S/C12H16ClNO2S/c1-9-8-12(10(2)7-11(9)13)17(15,16)14-5-3-4-6-14/h7-8H,3-6H2,1-2H3. The van der Waals surface area contributed by atoms with Crippen molar-refractivity contribution in [2.75, 3.05) is 13.1 Å². The fourth-order valence-corrected chi connectivity index (χ4v) is 4.13. The summed E-state index contributed by atoms with van der Waals surface area (Å²) in [5.74, 6) is 0. The zero-order chi connectivity index (χ0) is 12.6. The Balaban J connectivity index is 2.49. The van der Waals surface area contributed by atoms with E-state index in [0.29, 0.717) is 28.6 Å². The fourth-order valence-electron chi connectivity index (χ4n) is 2.10. The van der Waals surface area contributed by atoms with Crippen LogP contribution in [0.25, 0.3) is 0 Å². The van der Waals surface area contributed by atoms with Crippen LogP contribution in [0.5, 0.6) is 0 Å². The Morgan fingerprint density at radius 3 is 2.29 bits per heavy atom. The average Bonchev–Trinajstić information content (AvgIpc) is 2.77. The second kappa shape index (κ2) is 4.59. The van der Waals surface area contributed by atoms with E-state index in [2.05, 4.69) is 0 Å². The number of hydrogen-bond acceptors (Lipinski definition) is 2. The molecule has 0 spiro atoms. The molecule has 17 heavy (non-hydrogen) atoms. The third-order valence-electron chi connectivity index (χ3n) is 3.14. The Morgan fingerprint density at radius 1 is 1.12 bits per heavy atom. The van der Waals surface area contributed by atoms with Crippen LogP contribution in [0.1, 0.15) is 24.0 Å². The molecule has 2 rings (SSSR count). The maximum absolute atomic E-state index is 12.4. The van der Waals surface area contributed by atoms with Crippen molar-refractivity contribution in [1.29, 1.82) is 0 Å². The van der Waals surface area contributed by atoms with Crippen LogP contribution in [-0.2, 0) is 10.0 Å². The number of halogens is 1. The van der Waals surface area contributed by atoms with Gasteiger partial charge in [0.15, 0.2) is 0 Å². The highest BCUT2D eigenvalue weighted by atomic mass is 35.5.